The van der Waals surface area contributed by atoms with E-state index in [0.29, 0.717) is 69.5 Å². The molecule has 4 N–H and O–H groups in total. The lowest BCUT2D eigenvalue weighted by molar-refractivity contribution is -0.305. The number of carbonyl (C=O) groups is 2. The number of carbonyl (C=O) groups excluding carboxylic acids is 2. The summed E-state index contributed by atoms with van der Waals surface area (Å²) in [5.74, 6) is -2.96. The van der Waals surface area contributed by atoms with Crippen molar-refractivity contribution in [2.24, 2.45) is 11.3 Å². The van der Waals surface area contributed by atoms with E-state index in [4.69, 9.17) is 14.2 Å². The van der Waals surface area contributed by atoms with Gasteiger partial charge in [0.05, 0.1) is 19.8 Å². The third-order valence-corrected chi connectivity index (χ3v) is 15.1. The van der Waals surface area contributed by atoms with Crippen molar-refractivity contribution in [3.05, 3.63) is 70.9 Å². The van der Waals surface area contributed by atoms with Gasteiger partial charge in [-0.05, 0) is 74.2 Å². The molecule has 2 saturated heterocycles. The molecule has 1 saturated carbocycles. The number of nitrogens with one attached hydrogen (secondary N) is 1. The van der Waals surface area contributed by atoms with E-state index < -0.39 is 51.7 Å². The zero-order valence-corrected chi connectivity index (χ0v) is 33.4. The Morgan fingerprint density at radius 2 is 1.80 bits per heavy atom. The summed E-state index contributed by atoms with van der Waals surface area (Å²) in [5.41, 5.74) is 0.989. The Hall–Kier alpha value is -3.94. The standard InChI is InChI=1S/C44H56N4O8/c1-7-40(52)22-27-23-43(39(51)55-6,35-29(14-18-47(24-27)25-40)28-12-9-10-13-32(28)45-35)31-20-30-33(21-34(31)54-5)46(4)37-42(30)16-19-48-17-11-15-41(8-2,36(42)48)38(50)44(37,53)56-26(3)49/h9-13,15,20-21,27,36-38,45,50,52-53H,7-8,14,16-19,22-25H2,1-6H3/t27?,36?,37?,38-,40+,41-,42?,43+,44-/m1/s1. The monoisotopic (exact) mass is 768 g/mol. The van der Waals surface area contributed by atoms with Crippen molar-refractivity contribution in [2.45, 2.75) is 99.7 Å². The van der Waals surface area contributed by atoms with Gasteiger partial charge in [0.2, 0.25) is 0 Å². The summed E-state index contributed by atoms with van der Waals surface area (Å²) in [6.07, 6.45) is 5.93. The Balaban J connectivity index is 1.36. The number of fused-ring (bicyclic) bond motifs is 6. The fourth-order valence-electron chi connectivity index (χ4n) is 13.1. The van der Waals surface area contributed by atoms with Crippen LogP contribution < -0.4 is 9.64 Å². The number of piperidine rings is 1. The molecule has 12 heteroatoms. The van der Waals surface area contributed by atoms with Gasteiger partial charge in [0, 0.05) is 90.9 Å². The topological polar surface area (TPSA) is 148 Å². The SMILES string of the molecule is CC[C@]1(O)CC2CN(CCc3c([nH]c4ccccc34)[C@@](C(=O)OC)(c3cc4c(cc3OC)N(C)C3C45CCN4CC=C[C@](CC)(C45)[C@@H](O)[C@]3(O)OC(C)=O)C2)C1. The van der Waals surface area contributed by atoms with E-state index in [-0.39, 0.29) is 12.0 Å². The number of para-hydroxylation sites is 1. The second kappa shape index (κ2) is 12.8. The number of anilines is 1. The summed E-state index contributed by atoms with van der Waals surface area (Å²) in [6, 6.07) is 11.1. The predicted molar refractivity (Wildman–Crippen MR) is 211 cm³/mol. The van der Waals surface area contributed by atoms with Gasteiger partial charge in [-0.15, -0.1) is 0 Å². The molecule has 56 heavy (non-hydrogen) atoms. The van der Waals surface area contributed by atoms with Gasteiger partial charge in [-0.2, -0.15) is 0 Å². The van der Waals surface area contributed by atoms with E-state index in [1.54, 1.807) is 7.11 Å². The van der Waals surface area contributed by atoms with Crippen LogP contribution in [-0.2, 0) is 36.3 Å². The van der Waals surface area contributed by atoms with Crippen LogP contribution in [0.25, 0.3) is 10.9 Å². The molecule has 6 aliphatic rings. The molecule has 2 bridgehead atoms. The summed E-state index contributed by atoms with van der Waals surface area (Å²) in [7, 11) is 4.94. The van der Waals surface area contributed by atoms with Gasteiger partial charge in [0.25, 0.3) is 5.79 Å². The second-order valence-electron chi connectivity index (χ2n) is 17.6. The van der Waals surface area contributed by atoms with Gasteiger partial charge < -0.3 is 39.4 Å². The Labute approximate surface area is 328 Å². The van der Waals surface area contributed by atoms with Crippen molar-refractivity contribution >= 4 is 28.5 Å². The fourth-order valence-corrected chi connectivity index (χ4v) is 13.1. The van der Waals surface area contributed by atoms with Gasteiger partial charge in [-0.1, -0.05) is 44.2 Å². The number of nitrogens with zero attached hydrogens (tertiary/aromatic N) is 3. The van der Waals surface area contributed by atoms with Crippen LogP contribution in [0.15, 0.2) is 48.6 Å². The molecule has 1 aromatic heterocycles. The number of esters is 2. The molecule has 6 heterocycles. The predicted octanol–water partition coefficient (Wildman–Crippen LogP) is 3.77. The lowest BCUT2D eigenvalue weighted by Crippen LogP contribution is -2.79. The Bertz CT molecular complexity index is 2140. The van der Waals surface area contributed by atoms with Gasteiger partial charge in [-0.3, -0.25) is 19.4 Å². The number of aromatic nitrogens is 1. The first kappa shape index (κ1) is 37.6. The summed E-state index contributed by atoms with van der Waals surface area (Å²) in [4.78, 5) is 38.6. The van der Waals surface area contributed by atoms with E-state index in [9.17, 15) is 20.1 Å². The van der Waals surface area contributed by atoms with E-state index in [1.165, 1.54) is 14.0 Å². The van der Waals surface area contributed by atoms with Gasteiger partial charge in [0.1, 0.15) is 23.3 Å². The normalized spacial score (nSPS) is 38.4. The summed E-state index contributed by atoms with van der Waals surface area (Å²) < 4.78 is 18.2. The number of hydrogen-bond acceptors (Lipinski definition) is 11. The van der Waals surface area contributed by atoms with Crippen LogP contribution in [0.1, 0.15) is 75.3 Å². The minimum atomic E-state index is -2.27. The van der Waals surface area contributed by atoms with Crippen molar-refractivity contribution in [1.29, 1.82) is 0 Å². The van der Waals surface area contributed by atoms with Crippen molar-refractivity contribution in [2.75, 3.05) is 58.9 Å². The zero-order chi connectivity index (χ0) is 39.6. The molecule has 2 aromatic carbocycles. The quantitative estimate of drug-likeness (QED) is 0.165. The largest absolute Gasteiger partial charge is 0.496 e. The molecular weight excluding hydrogens is 713 g/mol. The maximum absolute atomic E-state index is 15.2. The van der Waals surface area contributed by atoms with Gasteiger partial charge in [-0.25, -0.2) is 0 Å². The summed E-state index contributed by atoms with van der Waals surface area (Å²) in [5, 5.41) is 38.2. The zero-order valence-electron chi connectivity index (χ0n) is 33.4. The van der Waals surface area contributed by atoms with Crippen molar-refractivity contribution < 1.29 is 39.1 Å². The van der Waals surface area contributed by atoms with E-state index in [1.807, 2.05) is 56.1 Å². The third kappa shape index (κ3) is 4.76. The van der Waals surface area contributed by atoms with Crippen LogP contribution >= 0.6 is 0 Å². The van der Waals surface area contributed by atoms with Crippen LogP contribution in [0, 0.1) is 11.3 Å². The Morgan fingerprint density at radius 1 is 1.02 bits per heavy atom. The number of likely N-dealkylation sites (N-methyl/N-ethyl adjacent to an activating group) is 1. The molecule has 5 unspecified atom stereocenters. The first-order valence-electron chi connectivity index (χ1n) is 20.4. The number of ether oxygens (including phenoxy) is 3. The average molecular weight is 769 g/mol. The number of H-pyrrole nitrogens is 1. The molecule has 1 spiro atoms. The molecule has 9 rings (SSSR count). The number of methoxy groups -OCH3 is 2. The average Bonchev–Trinajstić information content (AvgIpc) is 3.84. The number of hydrogen-bond donors (Lipinski definition) is 4. The second-order valence-corrected chi connectivity index (χ2v) is 17.6. The van der Waals surface area contributed by atoms with Crippen LogP contribution in [0.3, 0.4) is 0 Å². The molecule has 0 radical (unpaired) electrons. The first-order chi connectivity index (χ1) is 26.8. The highest BCUT2D eigenvalue weighted by atomic mass is 16.7. The number of aromatic amines is 1. The molecule has 12 nitrogen and oxygen atoms in total. The maximum atomic E-state index is 15.2. The smallest absolute Gasteiger partial charge is 0.322 e. The van der Waals surface area contributed by atoms with E-state index in [0.717, 1.165) is 46.5 Å². The molecule has 300 valence electrons. The number of benzene rings is 2. The summed E-state index contributed by atoms with van der Waals surface area (Å²) >= 11 is 0. The molecule has 3 aromatic rings. The van der Waals surface area contributed by atoms with Crippen molar-refractivity contribution in [1.82, 2.24) is 14.8 Å². The van der Waals surface area contributed by atoms with Crippen molar-refractivity contribution in [3.8, 4) is 5.75 Å². The lowest BCUT2D eigenvalue weighted by Gasteiger charge is -2.63. The molecule has 5 aliphatic heterocycles. The van der Waals surface area contributed by atoms with Crippen LogP contribution in [0.4, 0.5) is 5.69 Å². The Kier molecular flexibility index (Phi) is 8.59. The minimum Gasteiger partial charge on any atom is -0.496 e. The molecule has 10 atom stereocenters. The van der Waals surface area contributed by atoms with E-state index >= 15 is 4.79 Å². The highest BCUT2D eigenvalue weighted by Crippen LogP contribution is 2.67. The highest BCUT2D eigenvalue weighted by Gasteiger charge is 2.78. The van der Waals surface area contributed by atoms with Gasteiger partial charge >= 0.3 is 11.9 Å². The lowest BCUT2D eigenvalue weighted by atomic mass is 9.50. The summed E-state index contributed by atoms with van der Waals surface area (Å²) in [6.45, 7) is 8.72. The fraction of sp³-hybridized carbons (Fsp3) is 0.591. The molecule has 1 aliphatic carbocycles. The first-order valence-corrected chi connectivity index (χ1v) is 20.4. The van der Waals surface area contributed by atoms with Crippen LogP contribution in [0.2, 0.25) is 0 Å². The highest BCUT2D eigenvalue weighted by molar-refractivity contribution is 5.94. The van der Waals surface area contributed by atoms with E-state index in [2.05, 4.69) is 33.0 Å². The minimum absolute atomic E-state index is 0.0752. The number of aliphatic hydroxyl groups is 3. The molecular formula is C44H56N4O8. The van der Waals surface area contributed by atoms with Gasteiger partial charge in [0.15, 0.2) is 0 Å². The number of rotatable bonds is 6. The van der Waals surface area contributed by atoms with Crippen molar-refractivity contribution in [3.63, 3.8) is 0 Å². The number of aliphatic hydroxyl groups excluding tert-OH is 1. The van der Waals surface area contributed by atoms with Crippen LogP contribution in [0.5, 0.6) is 5.75 Å². The Morgan fingerprint density at radius 3 is 2.52 bits per heavy atom. The van der Waals surface area contributed by atoms with Crippen LogP contribution in [-0.4, -0.2) is 126 Å². The molecule has 3 fully saturated rings. The molecule has 0 amide bonds. The third-order valence-electron chi connectivity index (χ3n) is 15.1. The maximum Gasteiger partial charge on any atom is 0.322 e.